The minimum atomic E-state index is 0.934. The van der Waals surface area contributed by atoms with Crippen LogP contribution in [-0.4, -0.2) is 30.5 Å². The third-order valence-electron chi connectivity index (χ3n) is 4.70. The van der Waals surface area contributed by atoms with Gasteiger partial charge < -0.3 is 4.90 Å². The maximum Gasteiger partial charge on any atom is 0.129 e. The monoisotopic (exact) mass is 373 g/mol. The maximum absolute atomic E-state index is 4.59. The predicted molar refractivity (Wildman–Crippen MR) is 120 cm³/mol. The van der Waals surface area contributed by atoms with Crippen molar-refractivity contribution in [2.24, 2.45) is 10.1 Å². The van der Waals surface area contributed by atoms with Gasteiger partial charge in [-0.3, -0.25) is 10.4 Å². The predicted octanol–water partition coefficient (Wildman–Crippen LogP) is 5.22. The van der Waals surface area contributed by atoms with Gasteiger partial charge in [0.1, 0.15) is 5.82 Å². The average Bonchev–Trinajstić information content (AvgIpc) is 2.75. The molecule has 5 nitrogen and oxygen atoms in total. The fourth-order valence-corrected chi connectivity index (χ4v) is 3.23. The normalized spacial score (nSPS) is 15.0. The molecule has 5 heteroatoms. The Kier molecular flexibility index (Phi) is 7.13. The van der Waals surface area contributed by atoms with Crippen LogP contribution >= 0.6 is 0 Å². The first-order valence-corrected chi connectivity index (χ1v) is 9.68. The van der Waals surface area contributed by atoms with E-state index in [2.05, 4.69) is 63.2 Å². The number of rotatable bonds is 7. The van der Waals surface area contributed by atoms with Gasteiger partial charge in [0.2, 0.25) is 0 Å². The van der Waals surface area contributed by atoms with E-state index in [1.807, 2.05) is 12.3 Å². The smallest absolute Gasteiger partial charge is 0.129 e. The van der Waals surface area contributed by atoms with Crippen LogP contribution in [0.25, 0.3) is 11.1 Å². The minimum absolute atomic E-state index is 0.934. The van der Waals surface area contributed by atoms with Gasteiger partial charge in [-0.25, -0.2) is 4.98 Å². The Morgan fingerprint density at radius 2 is 1.96 bits per heavy atom. The molecule has 0 radical (unpaired) electrons. The molecular formula is C23H27N5. The van der Waals surface area contributed by atoms with Crippen molar-refractivity contribution in [1.82, 2.24) is 4.98 Å². The average molecular weight is 374 g/mol. The largest absolute Gasteiger partial charge is 0.357 e. The van der Waals surface area contributed by atoms with E-state index in [0.717, 1.165) is 24.6 Å². The van der Waals surface area contributed by atoms with Gasteiger partial charge in [0.15, 0.2) is 0 Å². The van der Waals surface area contributed by atoms with Crippen molar-refractivity contribution in [2.75, 3.05) is 23.4 Å². The molecule has 0 spiro atoms. The molecule has 0 atom stereocenters. The van der Waals surface area contributed by atoms with E-state index >= 15 is 0 Å². The first-order chi connectivity index (χ1) is 13.8. The lowest BCUT2D eigenvalue weighted by Crippen LogP contribution is -2.30. The van der Waals surface area contributed by atoms with Crippen LogP contribution in [0.4, 0.5) is 11.5 Å². The molecule has 1 saturated heterocycles. The van der Waals surface area contributed by atoms with Gasteiger partial charge in [-0.2, -0.15) is 5.10 Å². The van der Waals surface area contributed by atoms with Gasteiger partial charge >= 0.3 is 0 Å². The summed E-state index contributed by atoms with van der Waals surface area (Å²) in [6.07, 6.45) is 14.1. The summed E-state index contributed by atoms with van der Waals surface area (Å²) in [7, 11) is 0. The van der Waals surface area contributed by atoms with Gasteiger partial charge in [-0.1, -0.05) is 18.7 Å². The molecule has 0 saturated carbocycles. The van der Waals surface area contributed by atoms with Crippen LogP contribution in [0.15, 0.2) is 71.6 Å². The topological polar surface area (TPSA) is 52.9 Å². The summed E-state index contributed by atoms with van der Waals surface area (Å²) in [5, 5.41) is 4.19. The third kappa shape index (κ3) is 5.39. The molecule has 2 aromatic rings. The first-order valence-electron chi connectivity index (χ1n) is 9.68. The summed E-state index contributed by atoms with van der Waals surface area (Å²) >= 11 is 0. The number of aromatic nitrogens is 1. The molecule has 2 heterocycles. The van der Waals surface area contributed by atoms with Crippen LogP contribution in [0.1, 0.15) is 24.8 Å². The molecule has 1 fully saturated rings. The molecule has 0 aliphatic carbocycles. The fourth-order valence-electron chi connectivity index (χ4n) is 3.23. The third-order valence-corrected chi connectivity index (χ3v) is 4.70. The Labute approximate surface area is 167 Å². The number of pyridine rings is 1. The van der Waals surface area contributed by atoms with Gasteiger partial charge in [-0.05, 0) is 73.2 Å². The highest BCUT2D eigenvalue weighted by atomic mass is 15.3. The number of aryl methyl sites for hydroxylation is 1. The van der Waals surface area contributed by atoms with Crippen LogP contribution in [0.2, 0.25) is 0 Å². The summed E-state index contributed by atoms with van der Waals surface area (Å²) in [5.41, 5.74) is 7.58. The van der Waals surface area contributed by atoms with Crippen LogP contribution < -0.4 is 10.3 Å². The van der Waals surface area contributed by atoms with Gasteiger partial charge in [0, 0.05) is 31.7 Å². The van der Waals surface area contributed by atoms with E-state index in [1.54, 1.807) is 30.8 Å². The second-order valence-electron chi connectivity index (χ2n) is 6.75. The minimum Gasteiger partial charge on any atom is -0.357 e. The van der Waals surface area contributed by atoms with Crippen LogP contribution in [0.5, 0.6) is 0 Å². The summed E-state index contributed by atoms with van der Waals surface area (Å²) in [6, 6.07) is 10.5. The molecule has 28 heavy (non-hydrogen) atoms. The number of nitrogens with one attached hydrogen (secondary N) is 1. The van der Waals surface area contributed by atoms with E-state index in [1.165, 1.54) is 36.0 Å². The van der Waals surface area contributed by atoms with Crippen LogP contribution in [0, 0.1) is 6.92 Å². The van der Waals surface area contributed by atoms with Crippen molar-refractivity contribution in [3.63, 3.8) is 0 Å². The molecule has 0 bridgehead atoms. The van der Waals surface area contributed by atoms with Gasteiger partial charge in [-0.15, -0.1) is 0 Å². The Balaban J connectivity index is 1.74. The SMILES string of the molecule is C=C/C=C/N=C\C=N/Nc1ccc(C)c(-c2ccnc(N3CCCCC3)c2)c1. The lowest BCUT2D eigenvalue weighted by atomic mass is 10.0. The summed E-state index contributed by atoms with van der Waals surface area (Å²) < 4.78 is 0. The molecular weight excluding hydrogens is 346 g/mol. The number of hydrogen-bond acceptors (Lipinski definition) is 5. The fraction of sp³-hybridized carbons (Fsp3) is 0.261. The number of allylic oxidation sites excluding steroid dienone is 2. The van der Waals surface area contributed by atoms with Crippen molar-refractivity contribution in [3.05, 3.63) is 67.0 Å². The zero-order valence-corrected chi connectivity index (χ0v) is 16.4. The summed E-state index contributed by atoms with van der Waals surface area (Å²) in [5.74, 6) is 1.07. The molecule has 0 amide bonds. The van der Waals surface area contributed by atoms with Crippen molar-refractivity contribution >= 4 is 23.9 Å². The molecule has 1 aromatic heterocycles. The van der Waals surface area contributed by atoms with E-state index in [0.29, 0.717) is 0 Å². The number of anilines is 2. The molecule has 144 valence electrons. The Bertz CT molecular complexity index is 876. The molecule has 0 unspecified atom stereocenters. The number of hydrazone groups is 1. The molecule has 3 rings (SSSR count). The van der Waals surface area contributed by atoms with Crippen LogP contribution in [-0.2, 0) is 0 Å². The Morgan fingerprint density at radius 1 is 1.11 bits per heavy atom. The molecule has 1 aliphatic heterocycles. The molecule has 1 aliphatic rings. The Morgan fingerprint density at radius 3 is 2.79 bits per heavy atom. The van der Waals surface area contributed by atoms with Crippen molar-refractivity contribution in [1.29, 1.82) is 0 Å². The molecule has 1 N–H and O–H groups in total. The number of benzene rings is 1. The zero-order valence-electron chi connectivity index (χ0n) is 16.4. The van der Waals surface area contributed by atoms with Crippen molar-refractivity contribution in [2.45, 2.75) is 26.2 Å². The number of nitrogens with zero attached hydrogens (tertiary/aromatic N) is 4. The van der Waals surface area contributed by atoms with Crippen LogP contribution in [0.3, 0.4) is 0 Å². The number of piperidine rings is 1. The van der Waals surface area contributed by atoms with E-state index < -0.39 is 0 Å². The highest BCUT2D eigenvalue weighted by Gasteiger charge is 2.13. The van der Waals surface area contributed by atoms with E-state index in [9.17, 15) is 0 Å². The first kappa shape index (κ1) is 19.5. The quantitative estimate of drug-likeness (QED) is 0.411. The zero-order chi connectivity index (χ0) is 19.6. The maximum atomic E-state index is 4.59. The standard InChI is InChI=1S/C23H27N5/c1-3-4-11-24-13-14-26-27-21-9-8-19(2)22(18-21)20-10-12-25-23(17-20)28-15-6-5-7-16-28/h3-4,8-14,17-18,27H,1,5-7,15-16H2,2H3/b11-4+,24-13-,26-14-. The highest BCUT2D eigenvalue weighted by Crippen LogP contribution is 2.29. The number of aliphatic imine (C=N–C) groups is 1. The van der Waals surface area contributed by atoms with Crippen molar-refractivity contribution in [3.8, 4) is 11.1 Å². The summed E-state index contributed by atoms with van der Waals surface area (Å²) in [4.78, 5) is 11.0. The summed E-state index contributed by atoms with van der Waals surface area (Å²) in [6.45, 7) is 7.91. The molecule has 1 aromatic carbocycles. The second-order valence-corrected chi connectivity index (χ2v) is 6.75. The lowest BCUT2D eigenvalue weighted by molar-refractivity contribution is 0.573. The van der Waals surface area contributed by atoms with Gasteiger partial charge in [0.25, 0.3) is 0 Å². The van der Waals surface area contributed by atoms with E-state index in [-0.39, 0.29) is 0 Å². The lowest BCUT2D eigenvalue weighted by Gasteiger charge is -2.28. The van der Waals surface area contributed by atoms with Gasteiger partial charge in [0.05, 0.1) is 11.9 Å². The second kappa shape index (κ2) is 10.2. The van der Waals surface area contributed by atoms with Crippen molar-refractivity contribution < 1.29 is 0 Å². The Hall–Kier alpha value is -3.21. The highest BCUT2D eigenvalue weighted by molar-refractivity contribution is 6.16. The van der Waals surface area contributed by atoms with E-state index in [4.69, 9.17) is 0 Å². The number of hydrogen-bond donors (Lipinski definition) is 1.